The van der Waals surface area contributed by atoms with Crippen LogP contribution in [0.3, 0.4) is 0 Å². The fourth-order valence-corrected chi connectivity index (χ4v) is 3.14. The molecule has 1 aromatic rings. The highest BCUT2D eigenvalue weighted by Crippen LogP contribution is 2.30. The third kappa shape index (κ3) is 5.03. The summed E-state index contributed by atoms with van der Waals surface area (Å²) < 4.78 is 34.4. The molecule has 0 aromatic heterocycles. The van der Waals surface area contributed by atoms with Crippen molar-refractivity contribution in [1.82, 2.24) is 0 Å². The number of hydrogen-bond donors (Lipinski definition) is 0. The van der Waals surface area contributed by atoms with E-state index in [1.807, 2.05) is 6.92 Å². The molecule has 0 amide bonds. The predicted molar refractivity (Wildman–Crippen MR) is 79.7 cm³/mol. The third-order valence-corrected chi connectivity index (χ3v) is 4.93. The van der Waals surface area contributed by atoms with Crippen LogP contribution >= 0.6 is 0 Å². The van der Waals surface area contributed by atoms with Gasteiger partial charge in [-0.2, -0.15) is 8.42 Å². The van der Waals surface area contributed by atoms with E-state index >= 15 is 0 Å². The van der Waals surface area contributed by atoms with E-state index in [4.69, 9.17) is 13.8 Å². The first-order valence-corrected chi connectivity index (χ1v) is 8.65. The Hall–Kier alpha value is -0.990. The number of aryl methyl sites for hydroxylation is 1. The Morgan fingerprint density at radius 1 is 1.14 bits per heavy atom. The molecule has 1 saturated carbocycles. The molecule has 0 spiro atoms. The fraction of sp³-hybridized carbons (Fsp3) is 0.600. The lowest BCUT2D eigenvalue weighted by Gasteiger charge is -2.34. The molecule has 0 atom stereocenters. The van der Waals surface area contributed by atoms with Crippen molar-refractivity contribution >= 4 is 10.1 Å². The zero-order valence-corrected chi connectivity index (χ0v) is 13.7. The van der Waals surface area contributed by atoms with E-state index < -0.39 is 10.1 Å². The smallest absolute Gasteiger partial charge is 0.297 e. The number of rotatable bonds is 9. The van der Waals surface area contributed by atoms with Gasteiger partial charge in [-0.05, 0) is 37.8 Å². The molecule has 7 heteroatoms. The topological polar surface area (TPSA) is 71.1 Å². The predicted octanol–water partition coefficient (Wildman–Crippen LogP) is 2.07. The van der Waals surface area contributed by atoms with Gasteiger partial charge in [0.2, 0.25) is 0 Å². The molecule has 0 radical (unpaired) electrons. The van der Waals surface area contributed by atoms with E-state index in [-0.39, 0.29) is 24.2 Å². The van der Waals surface area contributed by atoms with Gasteiger partial charge in [0.25, 0.3) is 10.1 Å². The molecule has 6 nitrogen and oxygen atoms in total. The minimum Gasteiger partial charge on any atom is -0.376 e. The van der Waals surface area contributed by atoms with Crippen LogP contribution in [0.4, 0.5) is 0 Å². The molecule has 1 fully saturated rings. The average Bonchev–Trinajstić information content (AvgIpc) is 2.44. The van der Waals surface area contributed by atoms with Crippen molar-refractivity contribution in [3.8, 4) is 0 Å². The highest BCUT2D eigenvalue weighted by Gasteiger charge is 2.30. The Kier molecular flexibility index (Phi) is 6.34. The van der Waals surface area contributed by atoms with Crippen LogP contribution in [0.1, 0.15) is 18.4 Å². The van der Waals surface area contributed by atoms with Crippen LogP contribution in [-0.2, 0) is 28.8 Å². The van der Waals surface area contributed by atoms with Gasteiger partial charge in [-0.3, -0.25) is 4.18 Å². The summed E-state index contributed by atoms with van der Waals surface area (Å²) >= 11 is 0. The molecule has 0 heterocycles. The quantitative estimate of drug-likeness (QED) is 0.299. The monoisotopic (exact) mass is 330 g/mol. The molecule has 0 bridgehead atoms. The summed E-state index contributed by atoms with van der Waals surface area (Å²) in [5, 5.41) is 0. The van der Waals surface area contributed by atoms with Crippen molar-refractivity contribution in [2.75, 3.05) is 26.9 Å². The first-order valence-electron chi connectivity index (χ1n) is 7.24. The van der Waals surface area contributed by atoms with E-state index in [1.54, 1.807) is 12.1 Å². The van der Waals surface area contributed by atoms with Gasteiger partial charge in [0, 0.05) is 0 Å². The largest absolute Gasteiger partial charge is 0.376 e. The molecule has 2 rings (SSSR count). The lowest BCUT2D eigenvalue weighted by Crippen LogP contribution is -2.35. The lowest BCUT2D eigenvalue weighted by molar-refractivity contribution is -0.287. The maximum absolute atomic E-state index is 11.9. The molecule has 0 unspecified atom stereocenters. The maximum atomic E-state index is 11.9. The second-order valence-corrected chi connectivity index (χ2v) is 6.99. The van der Waals surface area contributed by atoms with Gasteiger partial charge in [-0.25, -0.2) is 9.78 Å². The van der Waals surface area contributed by atoms with Gasteiger partial charge in [0.1, 0.15) is 0 Å². The van der Waals surface area contributed by atoms with E-state index in [0.29, 0.717) is 12.5 Å². The van der Waals surface area contributed by atoms with Crippen LogP contribution in [0.15, 0.2) is 29.2 Å². The van der Waals surface area contributed by atoms with E-state index in [9.17, 15) is 8.42 Å². The zero-order valence-electron chi connectivity index (χ0n) is 12.9. The lowest BCUT2D eigenvalue weighted by atomic mass is 9.83. The van der Waals surface area contributed by atoms with Crippen molar-refractivity contribution in [3.05, 3.63) is 29.8 Å². The Labute approximate surface area is 131 Å². The van der Waals surface area contributed by atoms with Crippen LogP contribution in [0, 0.1) is 12.8 Å². The molecule has 0 N–H and O–H groups in total. The molecular weight excluding hydrogens is 308 g/mol. The zero-order chi connectivity index (χ0) is 16.0. The van der Waals surface area contributed by atoms with Gasteiger partial charge in [0.15, 0.2) is 0 Å². The van der Waals surface area contributed by atoms with Crippen molar-refractivity contribution in [1.29, 1.82) is 0 Å². The maximum Gasteiger partial charge on any atom is 0.297 e. The normalized spacial score (nSPS) is 21.5. The van der Waals surface area contributed by atoms with Crippen LogP contribution in [0.2, 0.25) is 0 Å². The second kappa shape index (κ2) is 8.03. The number of ether oxygens (including phenoxy) is 1. The van der Waals surface area contributed by atoms with Gasteiger partial charge >= 0.3 is 0 Å². The van der Waals surface area contributed by atoms with Crippen molar-refractivity contribution in [2.24, 2.45) is 5.92 Å². The van der Waals surface area contributed by atoms with Crippen LogP contribution in [-0.4, -0.2) is 41.5 Å². The van der Waals surface area contributed by atoms with Crippen molar-refractivity contribution < 1.29 is 27.1 Å². The van der Waals surface area contributed by atoms with E-state index in [0.717, 1.165) is 18.4 Å². The Bertz CT molecular complexity index is 548. The van der Waals surface area contributed by atoms with Crippen molar-refractivity contribution in [3.63, 3.8) is 0 Å². The van der Waals surface area contributed by atoms with Crippen LogP contribution < -0.4 is 0 Å². The average molecular weight is 330 g/mol. The van der Waals surface area contributed by atoms with Gasteiger partial charge in [-0.1, -0.05) is 17.7 Å². The number of hydrogen-bond acceptors (Lipinski definition) is 6. The second-order valence-electron chi connectivity index (χ2n) is 5.37. The van der Waals surface area contributed by atoms with Crippen LogP contribution in [0.25, 0.3) is 0 Å². The SMILES string of the molecule is COOCC1CC(OCCOS(=O)(=O)c2ccc(C)cc2)C1. The third-order valence-electron chi connectivity index (χ3n) is 3.60. The summed E-state index contributed by atoms with van der Waals surface area (Å²) in [7, 11) is -2.22. The summed E-state index contributed by atoms with van der Waals surface area (Å²) in [6.07, 6.45) is 1.94. The molecule has 124 valence electrons. The number of benzene rings is 1. The Morgan fingerprint density at radius 2 is 1.82 bits per heavy atom. The summed E-state index contributed by atoms with van der Waals surface area (Å²) in [4.78, 5) is 9.56. The minimum absolute atomic E-state index is 0.0198. The summed E-state index contributed by atoms with van der Waals surface area (Å²) in [5.41, 5.74) is 0.999. The van der Waals surface area contributed by atoms with E-state index in [1.165, 1.54) is 19.2 Å². The van der Waals surface area contributed by atoms with Crippen LogP contribution in [0.5, 0.6) is 0 Å². The first kappa shape index (κ1) is 17.4. The summed E-state index contributed by atoms with van der Waals surface area (Å²) in [6.45, 7) is 2.74. The molecule has 1 aromatic carbocycles. The summed E-state index contributed by atoms with van der Waals surface area (Å²) in [5.74, 6) is 0.446. The van der Waals surface area contributed by atoms with E-state index in [2.05, 4.69) is 4.89 Å². The molecule has 1 aliphatic rings. The Morgan fingerprint density at radius 3 is 2.45 bits per heavy atom. The molecular formula is C15H22O6S. The molecule has 22 heavy (non-hydrogen) atoms. The Balaban J connectivity index is 1.64. The highest BCUT2D eigenvalue weighted by molar-refractivity contribution is 7.86. The van der Waals surface area contributed by atoms with Gasteiger partial charge < -0.3 is 4.74 Å². The standard InChI is InChI=1S/C15H22O6S/c1-12-3-5-15(6-4-12)22(16,17)21-8-7-19-14-9-13(10-14)11-20-18-2/h3-6,13-14H,7-11H2,1-2H3. The minimum atomic E-state index is -3.70. The van der Waals surface area contributed by atoms with Gasteiger partial charge in [0.05, 0.1) is 37.9 Å². The van der Waals surface area contributed by atoms with Crippen molar-refractivity contribution in [2.45, 2.75) is 30.8 Å². The van der Waals surface area contributed by atoms with Gasteiger partial charge in [-0.15, -0.1) is 0 Å². The highest BCUT2D eigenvalue weighted by atomic mass is 32.2. The molecule has 1 aliphatic carbocycles. The first-order chi connectivity index (χ1) is 10.5. The molecule has 0 saturated heterocycles. The summed E-state index contributed by atoms with van der Waals surface area (Å²) in [6, 6.07) is 6.56. The fourth-order valence-electron chi connectivity index (χ4n) is 2.24. The molecule has 0 aliphatic heterocycles.